The molecular formula is C84H198O21P4. The largest absolute Gasteiger partial charge is 0.396 e. The van der Waals surface area contributed by atoms with Crippen molar-refractivity contribution in [3.63, 3.8) is 0 Å². The van der Waals surface area contributed by atoms with E-state index < -0.39 is 30.4 Å². The van der Waals surface area contributed by atoms with Crippen molar-refractivity contribution < 1.29 is 103 Å². The molecule has 0 fully saturated rings. The summed E-state index contributed by atoms with van der Waals surface area (Å²) in [5.74, 6) is 10.3. The number of unbranched alkanes of at least 4 members (excludes halogenated alkanes) is 1. The maximum absolute atomic E-state index is 10.6. The Balaban J connectivity index is -0.0000000837. The van der Waals surface area contributed by atoms with Gasteiger partial charge in [0.2, 0.25) is 0 Å². The van der Waals surface area contributed by atoms with Crippen LogP contribution < -0.4 is 0 Å². The van der Waals surface area contributed by atoms with Gasteiger partial charge in [-0.3, -0.25) is 18.3 Å². The highest BCUT2D eigenvalue weighted by Gasteiger charge is 2.31. The first-order valence-corrected chi connectivity index (χ1v) is 48.8. The summed E-state index contributed by atoms with van der Waals surface area (Å²) in [7, 11) is -15.2. The van der Waals surface area contributed by atoms with Crippen molar-refractivity contribution in [2.75, 3.05) is 84.1 Å². The van der Waals surface area contributed by atoms with Crippen molar-refractivity contribution in [1.29, 1.82) is 0 Å². The lowest BCUT2D eigenvalue weighted by Crippen LogP contribution is -2.23. The van der Waals surface area contributed by atoms with Gasteiger partial charge in [0, 0.05) is 59.5 Å². The minimum atomic E-state index is -3.84. The molecule has 0 saturated carbocycles. The van der Waals surface area contributed by atoms with Gasteiger partial charge in [-0.25, -0.2) is 0 Å². The smallest absolute Gasteiger partial charge is 0.326 e. The Kier molecular flexibility index (Phi) is 107. The Morgan fingerprint density at radius 2 is 0.615 bits per heavy atom. The van der Waals surface area contributed by atoms with Crippen LogP contribution in [-0.2, 0) is 18.3 Å². The molecule has 0 aromatic carbocycles. The molecule has 0 aliphatic heterocycles. The lowest BCUT2D eigenvalue weighted by atomic mass is 9.82. The molecule has 0 spiro atoms. The van der Waals surface area contributed by atoms with Crippen LogP contribution in [0.4, 0.5) is 0 Å². The third-order valence-corrected chi connectivity index (χ3v) is 22.9. The zero-order valence-electron chi connectivity index (χ0n) is 78.2. The Bertz CT molecular complexity index is 1960. The van der Waals surface area contributed by atoms with Gasteiger partial charge in [0.05, 0.1) is 24.6 Å². The van der Waals surface area contributed by atoms with Crippen molar-refractivity contribution in [2.45, 2.75) is 333 Å². The summed E-state index contributed by atoms with van der Waals surface area (Å²) in [4.78, 5) is 69.1. The van der Waals surface area contributed by atoms with E-state index in [1.165, 1.54) is 12.8 Å². The number of aliphatic hydroxyl groups excluding tert-OH is 9. The molecule has 0 radical (unpaired) electrons. The van der Waals surface area contributed by atoms with Crippen LogP contribution in [0.2, 0.25) is 0 Å². The molecule has 109 heavy (non-hydrogen) atoms. The first kappa shape index (κ1) is 138. The van der Waals surface area contributed by atoms with E-state index in [4.69, 9.17) is 85.1 Å². The van der Waals surface area contributed by atoms with Crippen molar-refractivity contribution in [2.24, 2.45) is 129 Å². The summed E-state index contributed by atoms with van der Waals surface area (Å²) in [5.41, 5.74) is -0.182. The average Bonchev–Trinajstić information content (AvgIpc) is 0.868. The summed E-state index contributed by atoms with van der Waals surface area (Å²) in [5, 5.41) is 76.1. The molecule has 0 aromatic heterocycles. The van der Waals surface area contributed by atoms with Gasteiger partial charge in [0.1, 0.15) is 0 Å². The quantitative estimate of drug-likeness (QED) is 0.0202. The summed E-state index contributed by atoms with van der Waals surface area (Å²) >= 11 is 0. The molecule has 7 atom stereocenters. The topological polar surface area (TPSA) is 412 Å². The second-order valence-electron chi connectivity index (χ2n) is 36.5. The summed E-state index contributed by atoms with van der Waals surface area (Å²) < 4.78 is 42.2. The van der Waals surface area contributed by atoms with E-state index >= 15 is 0 Å². The Labute approximate surface area is 676 Å². The zero-order valence-corrected chi connectivity index (χ0v) is 81.8. The molecule has 7 unspecified atom stereocenters. The molecule has 0 aliphatic carbocycles. The monoisotopic (exact) mass is 1670 g/mol. The van der Waals surface area contributed by atoms with E-state index in [2.05, 4.69) is 173 Å². The van der Waals surface area contributed by atoms with E-state index in [1.807, 2.05) is 83.1 Å². The number of aliphatic hydroxyl groups is 9. The van der Waals surface area contributed by atoms with Crippen LogP contribution >= 0.6 is 30.4 Å². The van der Waals surface area contributed by atoms with Crippen LogP contribution in [0.15, 0.2) is 0 Å². The van der Waals surface area contributed by atoms with E-state index in [-0.39, 0.29) is 59.8 Å². The van der Waals surface area contributed by atoms with Crippen LogP contribution in [0.25, 0.3) is 0 Å². The number of rotatable bonds is 38. The lowest BCUT2D eigenvalue weighted by molar-refractivity contribution is 0.113. The Morgan fingerprint density at radius 3 is 0.743 bits per heavy atom. The van der Waals surface area contributed by atoms with Crippen molar-refractivity contribution >= 4 is 30.4 Å². The Morgan fingerprint density at radius 1 is 0.284 bits per heavy atom. The average molecular weight is 1670 g/mol. The number of hydrogen-bond acceptors (Lipinski definition) is 13. The van der Waals surface area contributed by atoms with Gasteiger partial charge in [-0.1, -0.05) is 282 Å². The van der Waals surface area contributed by atoms with Gasteiger partial charge in [0.25, 0.3) is 0 Å². The first-order valence-electron chi connectivity index (χ1n) is 41.6. The van der Waals surface area contributed by atoms with Crippen molar-refractivity contribution in [3.8, 4) is 0 Å². The maximum atomic E-state index is 10.6. The third kappa shape index (κ3) is 144. The zero-order chi connectivity index (χ0) is 90.2. The molecule has 0 rings (SSSR count). The normalized spacial score (nSPS) is 13.6. The van der Waals surface area contributed by atoms with Gasteiger partial charge in [-0.15, -0.1) is 0 Å². The highest BCUT2D eigenvalue weighted by atomic mass is 31.2. The molecule has 680 valence electrons. The van der Waals surface area contributed by atoms with Gasteiger partial charge < -0.3 is 85.1 Å². The van der Waals surface area contributed by atoms with E-state index in [1.54, 1.807) is 0 Å². The second-order valence-corrected chi connectivity index (χ2v) is 43.3. The minimum Gasteiger partial charge on any atom is -0.396 e. The van der Waals surface area contributed by atoms with E-state index in [9.17, 15) is 18.3 Å². The summed E-state index contributed by atoms with van der Waals surface area (Å²) in [6.07, 6.45) is 12.0. The van der Waals surface area contributed by atoms with Crippen LogP contribution in [0, 0.1) is 129 Å². The summed E-state index contributed by atoms with van der Waals surface area (Å²) in [6, 6.07) is 0. The van der Waals surface area contributed by atoms with E-state index in [0.717, 1.165) is 75.5 Å². The van der Waals surface area contributed by atoms with Gasteiger partial charge in [-0.2, -0.15) is 0 Å². The maximum Gasteiger partial charge on any atom is 0.326 e. The highest BCUT2D eigenvalue weighted by Crippen LogP contribution is 2.45. The van der Waals surface area contributed by atoms with Crippen LogP contribution in [0.1, 0.15) is 333 Å². The van der Waals surface area contributed by atoms with Crippen molar-refractivity contribution in [3.05, 3.63) is 0 Å². The molecular weight excluding hydrogens is 1470 g/mol. The fraction of sp³-hybridized carbons (Fsp3) is 1.00. The minimum absolute atomic E-state index is 0.0190. The van der Waals surface area contributed by atoms with Gasteiger partial charge in [-0.05, 0) is 181 Å². The number of hydrogen-bond donors (Lipinski definition) is 17. The first-order chi connectivity index (χ1) is 49.0. The van der Waals surface area contributed by atoms with Gasteiger partial charge in [0.15, 0.2) is 0 Å². The van der Waals surface area contributed by atoms with Crippen LogP contribution in [0.3, 0.4) is 0 Å². The predicted molar refractivity (Wildman–Crippen MR) is 471 cm³/mol. The molecule has 17 N–H and O–H groups in total. The predicted octanol–water partition coefficient (Wildman–Crippen LogP) is 20.2. The fourth-order valence-corrected chi connectivity index (χ4v) is 12.3. The molecule has 0 aliphatic rings. The SMILES string of the molecule is CC(C)C(C)(C)CO.CC(C)C(C)(C)CP(=O)(O)O.CC(C)C(C)CCO.CC(C)C(C)CCP(=O)(O)O.CC(C)C(C)CO.CC(C)CC(C)CO.CC(C)CC(C)CP(=O)(O)O.CC(C)CCCCO.CC(C)CCCO.CC(C)CCO.CC(C)CO.CCC(CO)C(C)C.CCC(CP(=O)(O)O)C(C)C. The van der Waals surface area contributed by atoms with Gasteiger partial charge >= 0.3 is 30.4 Å². The van der Waals surface area contributed by atoms with Crippen LogP contribution in [-0.4, -0.2) is 169 Å². The van der Waals surface area contributed by atoms with Crippen LogP contribution in [0.5, 0.6) is 0 Å². The lowest BCUT2D eigenvalue weighted by Gasteiger charge is -2.29. The third-order valence-electron chi connectivity index (χ3n) is 18.8. The molecule has 0 amide bonds. The molecule has 0 bridgehead atoms. The molecule has 25 heteroatoms. The molecule has 0 saturated heterocycles. The summed E-state index contributed by atoms with van der Waals surface area (Å²) in [6.45, 7) is 79.5. The van der Waals surface area contributed by atoms with Crippen molar-refractivity contribution in [1.82, 2.24) is 0 Å². The molecule has 21 nitrogen and oxygen atoms in total. The standard InChI is InChI=1S/4C7H17O3P.5C7H16O.2C6H14O.C5H12O.C4H10O/c1-6(2)7(3,4)5-11(8,9)10;1-6(2)4-7(3)5-11(8,9)10;1-6(2)7(3)4-5-11(8,9)10;1-4-7(6(2)3)5-11(8,9)10;1-6(2)7(3,4)5-8;1-6(2)4-7(3)5-8;1-6(2)7(3)4-5-8;1-7(2)5-3-4-6-8;1-4-7(5-8)6(2)3;1-5(2)6(3)4-7;1-6(2)4-3-5-7;1-5(2)3-4-6;1-4(2)3-5/h6H,5H2,1-4H3,(H2,8,9,10);3*6-7H,4-5H2,1-3H3,(H2,8,9,10);6,8H,5H2,1-4H3;2*6-8H,4-5H2,1-3H3;7-8H,3-6H2,1-2H3;6-8H,4-5H2,1-3H3;5-7H,4H2,1-3H3;6-7H,3-5H2,1-2H3;5-6H,3-4H2,1-2H3;4-5H,3H2,1-2H3. The molecule has 0 heterocycles. The molecule has 0 aromatic rings. The van der Waals surface area contributed by atoms with E-state index in [0.29, 0.717) is 142 Å². The highest BCUT2D eigenvalue weighted by molar-refractivity contribution is 7.52. The fourth-order valence-electron chi connectivity index (χ4n) is 7.86. The second kappa shape index (κ2) is 84.7. The Hall–Kier alpha value is 0.240.